The maximum atomic E-state index is 10.7. The molecule has 1 aliphatic rings. The van der Waals surface area contributed by atoms with Gasteiger partial charge in [0.1, 0.15) is 6.10 Å². The number of nitrogens with one attached hydrogen (secondary N) is 1. The largest absolute Gasteiger partial charge is 0.443 e. The lowest BCUT2D eigenvalue weighted by Gasteiger charge is -2.15. The van der Waals surface area contributed by atoms with Crippen molar-refractivity contribution >= 4 is 6.09 Å². The summed E-state index contributed by atoms with van der Waals surface area (Å²) in [5, 5.41) is 10.4. The molecule has 0 aromatic carbocycles. The van der Waals surface area contributed by atoms with Crippen LogP contribution in [-0.2, 0) is 11.3 Å². The van der Waals surface area contributed by atoms with Gasteiger partial charge in [0.2, 0.25) is 0 Å². The molecule has 7 heteroatoms. The Morgan fingerprint density at radius 2 is 2.43 bits per heavy atom. The standard InChI is InChI=1S/C7H11N5O2/c8-5(4-12-10-1-2-11-12)6-3-9-7(13)14-6/h1-2,5-6H,3-4,8H2,(H,9,13). The highest BCUT2D eigenvalue weighted by Gasteiger charge is 2.28. The van der Waals surface area contributed by atoms with Gasteiger partial charge in [-0.15, -0.1) is 0 Å². The number of carbonyl (C=O) groups excluding carboxylic acids is 1. The molecule has 7 nitrogen and oxygen atoms in total. The molecule has 0 aliphatic carbocycles. The first-order chi connectivity index (χ1) is 6.75. The average molecular weight is 197 g/mol. The Kier molecular flexibility index (Phi) is 2.32. The van der Waals surface area contributed by atoms with Crippen LogP contribution in [0.2, 0.25) is 0 Å². The molecule has 1 saturated heterocycles. The van der Waals surface area contributed by atoms with Crippen molar-refractivity contribution in [1.29, 1.82) is 0 Å². The van der Waals surface area contributed by atoms with E-state index in [9.17, 15) is 4.79 Å². The summed E-state index contributed by atoms with van der Waals surface area (Å²) in [6.45, 7) is 0.883. The molecule has 2 rings (SSSR count). The van der Waals surface area contributed by atoms with E-state index in [2.05, 4.69) is 15.5 Å². The summed E-state index contributed by atoms with van der Waals surface area (Å²) in [6.07, 6.45) is 2.43. The molecule has 0 spiro atoms. The van der Waals surface area contributed by atoms with Gasteiger partial charge in [0, 0.05) is 0 Å². The van der Waals surface area contributed by atoms with Gasteiger partial charge in [-0.1, -0.05) is 0 Å². The van der Waals surface area contributed by atoms with Gasteiger partial charge in [-0.05, 0) is 0 Å². The second kappa shape index (κ2) is 3.62. The second-order valence-electron chi connectivity index (χ2n) is 3.07. The minimum atomic E-state index is -0.418. The number of rotatable bonds is 3. The molecule has 1 aromatic rings. The van der Waals surface area contributed by atoms with Crippen molar-refractivity contribution in [2.75, 3.05) is 6.54 Å². The fourth-order valence-corrected chi connectivity index (χ4v) is 1.29. The first kappa shape index (κ1) is 8.95. The fourth-order valence-electron chi connectivity index (χ4n) is 1.29. The van der Waals surface area contributed by atoms with Crippen LogP contribution in [0.3, 0.4) is 0 Å². The van der Waals surface area contributed by atoms with Crippen LogP contribution in [0.1, 0.15) is 0 Å². The monoisotopic (exact) mass is 197 g/mol. The highest BCUT2D eigenvalue weighted by atomic mass is 16.6. The van der Waals surface area contributed by atoms with Crippen LogP contribution < -0.4 is 11.1 Å². The Balaban J connectivity index is 1.89. The lowest BCUT2D eigenvalue weighted by molar-refractivity contribution is 0.119. The second-order valence-corrected chi connectivity index (χ2v) is 3.07. The Hall–Kier alpha value is -1.63. The topological polar surface area (TPSA) is 95.1 Å². The third-order valence-electron chi connectivity index (χ3n) is 2.02. The van der Waals surface area contributed by atoms with E-state index in [1.54, 1.807) is 12.4 Å². The van der Waals surface area contributed by atoms with Crippen molar-refractivity contribution in [3.05, 3.63) is 12.4 Å². The molecule has 3 N–H and O–H groups in total. The molecule has 1 fully saturated rings. The van der Waals surface area contributed by atoms with Gasteiger partial charge in [0.15, 0.2) is 0 Å². The van der Waals surface area contributed by atoms with Crippen molar-refractivity contribution in [3.8, 4) is 0 Å². The third-order valence-corrected chi connectivity index (χ3v) is 2.02. The molecule has 76 valence electrons. The molecule has 0 bridgehead atoms. The Morgan fingerprint density at radius 3 is 3.00 bits per heavy atom. The molecule has 2 heterocycles. The number of hydrogen-bond donors (Lipinski definition) is 2. The normalized spacial score (nSPS) is 22.9. The maximum absolute atomic E-state index is 10.7. The molecule has 2 unspecified atom stereocenters. The average Bonchev–Trinajstić information content (AvgIpc) is 2.75. The van der Waals surface area contributed by atoms with Gasteiger partial charge in [0.25, 0.3) is 0 Å². The third kappa shape index (κ3) is 1.82. The minimum absolute atomic E-state index is 0.290. The maximum Gasteiger partial charge on any atom is 0.407 e. The van der Waals surface area contributed by atoms with Crippen molar-refractivity contribution < 1.29 is 9.53 Å². The first-order valence-electron chi connectivity index (χ1n) is 4.30. The molecule has 1 aliphatic heterocycles. The number of hydrogen-bond acceptors (Lipinski definition) is 5. The predicted molar refractivity (Wildman–Crippen MR) is 46.3 cm³/mol. The minimum Gasteiger partial charge on any atom is -0.443 e. The van der Waals surface area contributed by atoms with E-state index in [4.69, 9.17) is 10.5 Å². The Morgan fingerprint density at radius 1 is 1.71 bits per heavy atom. The van der Waals surface area contributed by atoms with Gasteiger partial charge in [-0.3, -0.25) is 0 Å². The summed E-state index contributed by atoms with van der Waals surface area (Å²) in [7, 11) is 0. The van der Waals surface area contributed by atoms with Gasteiger partial charge in [-0.25, -0.2) is 4.79 Å². The lowest BCUT2D eigenvalue weighted by atomic mass is 10.2. The smallest absolute Gasteiger partial charge is 0.407 e. The zero-order valence-electron chi connectivity index (χ0n) is 7.46. The number of carbonyl (C=O) groups is 1. The van der Waals surface area contributed by atoms with E-state index < -0.39 is 6.09 Å². The number of alkyl carbamates (subject to hydrolysis) is 1. The van der Waals surface area contributed by atoms with Crippen LogP contribution in [0.25, 0.3) is 0 Å². The number of ether oxygens (including phenoxy) is 1. The number of aromatic nitrogens is 3. The van der Waals surface area contributed by atoms with E-state index in [1.807, 2.05) is 0 Å². The van der Waals surface area contributed by atoms with Crippen LogP contribution in [-0.4, -0.2) is 39.8 Å². The number of nitrogens with two attached hydrogens (primary N) is 1. The molecular formula is C7H11N5O2. The Bertz CT molecular complexity index is 312. The van der Waals surface area contributed by atoms with Crippen molar-refractivity contribution in [2.24, 2.45) is 5.73 Å². The van der Waals surface area contributed by atoms with Crippen LogP contribution in [0, 0.1) is 0 Å². The summed E-state index contributed by atoms with van der Waals surface area (Å²) < 4.78 is 4.93. The van der Waals surface area contributed by atoms with Gasteiger partial charge in [0.05, 0.1) is 31.5 Å². The molecule has 0 saturated carbocycles. The van der Waals surface area contributed by atoms with Crippen LogP contribution in [0.5, 0.6) is 0 Å². The molecule has 14 heavy (non-hydrogen) atoms. The molecule has 1 aromatic heterocycles. The quantitative estimate of drug-likeness (QED) is 0.629. The zero-order valence-corrected chi connectivity index (χ0v) is 7.46. The van der Waals surface area contributed by atoms with E-state index in [0.29, 0.717) is 13.1 Å². The summed E-state index contributed by atoms with van der Waals surface area (Å²) in [6, 6.07) is -0.290. The van der Waals surface area contributed by atoms with E-state index >= 15 is 0 Å². The number of cyclic esters (lactones) is 1. The molecule has 0 radical (unpaired) electrons. The van der Waals surface area contributed by atoms with Crippen molar-refractivity contribution in [3.63, 3.8) is 0 Å². The van der Waals surface area contributed by atoms with E-state index in [-0.39, 0.29) is 12.1 Å². The van der Waals surface area contributed by atoms with E-state index in [0.717, 1.165) is 0 Å². The summed E-state index contributed by atoms with van der Waals surface area (Å²) >= 11 is 0. The van der Waals surface area contributed by atoms with E-state index in [1.165, 1.54) is 4.80 Å². The van der Waals surface area contributed by atoms with Crippen molar-refractivity contribution in [1.82, 2.24) is 20.3 Å². The molecular weight excluding hydrogens is 186 g/mol. The summed E-state index contributed by atoms with van der Waals surface area (Å²) in [5.74, 6) is 0. The highest BCUT2D eigenvalue weighted by Crippen LogP contribution is 2.04. The summed E-state index contributed by atoms with van der Waals surface area (Å²) in [5.41, 5.74) is 5.81. The van der Waals surface area contributed by atoms with Crippen LogP contribution in [0.4, 0.5) is 4.79 Å². The summed E-state index contributed by atoms with van der Waals surface area (Å²) in [4.78, 5) is 12.2. The van der Waals surface area contributed by atoms with Gasteiger partial charge < -0.3 is 15.8 Å². The van der Waals surface area contributed by atoms with Crippen LogP contribution in [0.15, 0.2) is 12.4 Å². The molecule has 2 atom stereocenters. The van der Waals surface area contributed by atoms with Crippen molar-refractivity contribution in [2.45, 2.75) is 18.7 Å². The van der Waals surface area contributed by atoms with Gasteiger partial charge >= 0.3 is 6.09 Å². The van der Waals surface area contributed by atoms with Gasteiger partial charge in [-0.2, -0.15) is 15.0 Å². The highest BCUT2D eigenvalue weighted by molar-refractivity contribution is 5.69. The zero-order chi connectivity index (χ0) is 9.97. The Labute approximate surface area is 80.2 Å². The molecule has 1 amide bonds. The SMILES string of the molecule is NC(Cn1nccn1)C1CNC(=O)O1. The first-order valence-corrected chi connectivity index (χ1v) is 4.30. The lowest BCUT2D eigenvalue weighted by Crippen LogP contribution is -2.41. The predicted octanol–water partition coefficient (Wildman–Crippen LogP) is -1.29. The number of nitrogens with zero attached hydrogens (tertiary/aromatic N) is 3. The fraction of sp³-hybridized carbons (Fsp3) is 0.571. The van der Waals surface area contributed by atoms with Crippen LogP contribution >= 0.6 is 0 Å². The number of amides is 1.